The van der Waals surface area contributed by atoms with Gasteiger partial charge in [0.25, 0.3) is 0 Å². The molecule has 0 amide bonds. The molecule has 3 rings (SSSR count). The molecular formula is C14H26N2O. The molecule has 1 saturated carbocycles. The van der Waals surface area contributed by atoms with Gasteiger partial charge >= 0.3 is 0 Å². The van der Waals surface area contributed by atoms with Crippen LogP contribution in [0.25, 0.3) is 0 Å². The fourth-order valence-electron chi connectivity index (χ4n) is 4.17. The van der Waals surface area contributed by atoms with E-state index in [4.69, 9.17) is 0 Å². The van der Waals surface area contributed by atoms with Gasteiger partial charge < -0.3 is 10.4 Å². The monoisotopic (exact) mass is 238 g/mol. The Kier molecular flexibility index (Phi) is 3.69. The molecule has 3 fully saturated rings. The summed E-state index contributed by atoms with van der Waals surface area (Å²) in [7, 11) is 0. The van der Waals surface area contributed by atoms with Gasteiger partial charge in [-0.05, 0) is 44.6 Å². The van der Waals surface area contributed by atoms with Crippen LogP contribution in [0.5, 0.6) is 0 Å². The zero-order chi connectivity index (χ0) is 11.7. The summed E-state index contributed by atoms with van der Waals surface area (Å²) in [6.07, 6.45) is 9.45. The average Bonchev–Trinajstić information content (AvgIpc) is 2.75. The van der Waals surface area contributed by atoms with E-state index < -0.39 is 0 Å². The molecular weight excluding hydrogens is 212 g/mol. The molecule has 0 spiro atoms. The smallest absolute Gasteiger partial charge is 0.0680 e. The van der Waals surface area contributed by atoms with Crippen molar-refractivity contribution in [3.05, 3.63) is 0 Å². The van der Waals surface area contributed by atoms with Crippen LogP contribution in [0.4, 0.5) is 0 Å². The van der Waals surface area contributed by atoms with Crippen molar-refractivity contribution in [2.24, 2.45) is 5.92 Å². The van der Waals surface area contributed by atoms with E-state index in [0.717, 1.165) is 31.5 Å². The second kappa shape index (κ2) is 5.25. The molecule has 0 aromatic heterocycles. The van der Waals surface area contributed by atoms with Crippen molar-refractivity contribution >= 4 is 0 Å². The van der Waals surface area contributed by atoms with Gasteiger partial charge in [0.2, 0.25) is 0 Å². The maximum absolute atomic E-state index is 9.58. The predicted molar refractivity (Wildman–Crippen MR) is 69.0 cm³/mol. The fourth-order valence-corrected chi connectivity index (χ4v) is 4.17. The topological polar surface area (TPSA) is 35.5 Å². The van der Waals surface area contributed by atoms with Crippen molar-refractivity contribution < 1.29 is 5.11 Å². The minimum atomic E-state index is -0.105. The van der Waals surface area contributed by atoms with E-state index in [2.05, 4.69) is 10.2 Å². The van der Waals surface area contributed by atoms with Crippen molar-refractivity contribution in [2.45, 2.75) is 63.1 Å². The van der Waals surface area contributed by atoms with Gasteiger partial charge in [-0.15, -0.1) is 0 Å². The van der Waals surface area contributed by atoms with E-state index in [0.29, 0.717) is 6.04 Å². The molecule has 0 aromatic carbocycles. The van der Waals surface area contributed by atoms with E-state index in [1.807, 2.05) is 0 Å². The summed E-state index contributed by atoms with van der Waals surface area (Å²) >= 11 is 0. The maximum Gasteiger partial charge on any atom is 0.0680 e. The molecule has 0 radical (unpaired) electrons. The van der Waals surface area contributed by atoms with Crippen molar-refractivity contribution in [2.75, 3.05) is 19.6 Å². The number of nitrogens with one attached hydrogen (secondary N) is 1. The first-order chi connectivity index (χ1) is 8.33. The van der Waals surface area contributed by atoms with Crippen LogP contribution in [-0.4, -0.2) is 47.8 Å². The molecule has 3 aliphatic rings. The molecule has 4 unspecified atom stereocenters. The number of hydrogen-bond acceptors (Lipinski definition) is 3. The highest BCUT2D eigenvalue weighted by Crippen LogP contribution is 2.35. The molecule has 98 valence electrons. The Morgan fingerprint density at radius 3 is 2.76 bits per heavy atom. The molecule has 3 heteroatoms. The fraction of sp³-hybridized carbons (Fsp3) is 1.00. The molecule has 2 saturated heterocycles. The summed E-state index contributed by atoms with van der Waals surface area (Å²) in [4.78, 5) is 2.73. The summed E-state index contributed by atoms with van der Waals surface area (Å²) in [6, 6.07) is 1.39. The minimum absolute atomic E-state index is 0.105. The van der Waals surface area contributed by atoms with Crippen molar-refractivity contribution in [3.63, 3.8) is 0 Å². The largest absolute Gasteiger partial charge is 0.392 e. The highest BCUT2D eigenvalue weighted by atomic mass is 16.3. The van der Waals surface area contributed by atoms with Crippen molar-refractivity contribution in [1.29, 1.82) is 0 Å². The first-order valence-electron chi connectivity index (χ1n) is 7.48. The molecule has 17 heavy (non-hydrogen) atoms. The average molecular weight is 238 g/mol. The summed E-state index contributed by atoms with van der Waals surface area (Å²) in [6.45, 7) is 3.25. The van der Waals surface area contributed by atoms with E-state index in [1.54, 1.807) is 0 Å². The second-order valence-electron chi connectivity index (χ2n) is 6.24. The van der Waals surface area contributed by atoms with E-state index in [9.17, 15) is 5.11 Å². The van der Waals surface area contributed by atoms with Crippen LogP contribution in [0.15, 0.2) is 0 Å². The summed E-state index contributed by atoms with van der Waals surface area (Å²) in [5.74, 6) is 0.976. The number of rotatable bonds is 2. The van der Waals surface area contributed by atoms with Crippen LogP contribution < -0.4 is 5.32 Å². The maximum atomic E-state index is 9.58. The number of aliphatic hydroxyl groups excluding tert-OH is 1. The lowest BCUT2D eigenvalue weighted by Crippen LogP contribution is -2.50. The van der Waals surface area contributed by atoms with Gasteiger partial charge in [-0.1, -0.05) is 12.8 Å². The Morgan fingerprint density at radius 2 is 1.94 bits per heavy atom. The first-order valence-corrected chi connectivity index (χ1v) is 7.48. The molecule has 0 aromatic rings. The minimum Gasteiger partial charge on any atom is -0.392 e. The molecule has 4 atom stereocenters. The molecule has 2 heterocycles. The molecule has 3 nitrogen and oxygen atoms in total. The third kappa shape index (κ3) is 2.67. The van der Waals surface area contributed by atoms with Gasteiger partial charge in [-0.25, -0.2) is 0 Å². The number of likely N-dealkylation sites (tertiary alicyclic amines) is 1. The van der Waals surface area contributed by atoms with Gasteiger partial charge in [0.05, 0.1) is 6.10 Å². The van der Waals surface area contributed by atoms with Gasteiger partial charge in [-0.2, -0.15) is 0 Å². The summed E-state index contributed by atoms with van der Waals surface area (Å²) < 4.78 is 0. The Bertz CT molecular complexity index is 257. The Balaban J connectivity index is 1.57. The lowest BCUT2D eigenvalue weighted by atomic mass is 9.78. The number of hydrogen-bond donors (Lipinski definition) is 2. The number of piperidine rings is 1. The predicted octanol–water partition coefficient (Wildman–Crippen LogP) is 1.36. The molecule has 2 aliphatic heterocycles. The lowest BCUT2D eigenvalue weighted by molar-refractivity contribution is 0.0535. The lowest BCUT2D eigenvalue weighted by Gasteiger charge is -2.45. The molecule has 2 N–H and O–H groups in total. The quantitative estimate of drug-likeness (QED) is 0.762. The normalized spacial score (nSPS) is 43.6. The summed E-state index contributed by atoms with van der Waals surface area (Å²) in [5, 5.41) is 13.0. The molecule has 1 aliphatic carbocycles. The van der Waals surface area contributed by atoms with Crippen molar-refractivity contribution in [3.8, 4) is 0 Å². The van der Waals surface area contributed by atoms with Crippen LogP contribution >= 0.6 is 0 Å². The van der Waals surface area contributed by atoms with Crippen LogP contribution in [0, 0.1) is 5.92 Å². The zero-order valence-electron chi connectivity index (χ0n) is 10.8. The van der Waals surface area contributed by atoms with Gasteiger partial charge in [0.1, 0.15) is 0 Å². The third-order valence-electron chi connectivity index (χ3n) is 5.01. The highest BCUT2D eigenvalue weighted by Gasteiger charge is 2.35. The van der Waals surface area contributed by atoms with E-state index >= 15 is 0 Å². The number of β-amino-alcohol motifs (C(OH)–C–C–N with tert-alkyl or cyclic N) is 1. The zero-order valence-corrected chi connectivity index (χ0v) is 10.8. The van der Waals surface area contributed by atoms with Crippen LogP contribution in [0.2, 0.25) is 0 Å². The van der Waals surface area contributed by atoms with E-state index in [-0.39, 0.29) is 6.10 Å². The van der Waals surface area contributed by atoms with Gasteiger partial charge in [0.15, 0.2) is 0 Å². The van der Waals surface area contributed by atoms with Gasteiger partial charge in [-0.3, -0.25) is 4.90 Å². The third-order valence-corrected chi connectivity index (χ3v) is 5.01. The summed E-state index contributed by atoms with van der Waals surface area (Å²) in [5.41, 5.74) is 0. The molecule has 0 bridgehead atoms. The van der Waals surface area contributed by atoms with Gasteiger partial charge in [0, 0.05) is 25.2 Å². The standard InChI is InChI=1S/C14H26N2O/c17-13-8-12(15-9-13)10-16-7-3-5-11-4-1-2-6-14(11)16/h11-15,17H,1-10H2. The Morgan fingerprint density at radius 1 is 1.12 bits per heavy atom. The second-order valence-corrected chi connectivity index (χ2v) is 6.24. The number of nitrogens with zero attached hydrogens (tertiary/aromatic N) is 1. The van der Waals surface area contributed by atoms with Crippen molar-refractivity contribution in [1.82, 2.24) is 10.2 Å². The van der Waals surface area contributed by atoms with Crippen LogP contribution in [-0.2, 0) is 0 Å². The van der Waals surface area contributed by atoms with Crippen LogP contribution in [0.1, 0.15) is 44.9 Å². The highest BCUT2D eigenvalue weighted by molar-refractivity contribution is 4.91. The Hall–Kier alpha value is -0.120. The Labute approximate surface area is 105 Å². The number of aliphatic hydroxyl groups is 1. The SMILES string of the molecule is OC1CNC(CN2CCCC3CCCCC32)C1. The first kappa shape index (κ1) is 11.9. The number of fused-ring (bicyclic) bond motifs is 1. The van der Waals surface area contributed by atoms with Crippen LogP contribution in [0.3, 0.4) is 0 Å². The van der Waals surface area contributed by atoms with E-state index in [1.165, 1.54) is 45.1 Å².